The first-order valence-electron chi connectivity index (χ1n) is 13.1. The number of carbonyl (C=O) groups is 2. The van der Waals surface area contributed by atoms with Gasteiger partial charge in [-0.15, -0.1) is 0 Å². The third kappa shape index (κ3) is 5.15. The highest BCUT2D eigenvalue weighted by atomic mass is 79.9. The minimum absolute atomic E-state index is 0.0593. The molecule has 2 amide bonds. The summed E-state index contributed by atoms with van der Waals surface area (Å²) >= 11 is 3.38. The minimum Gasteiger partial charge on any atom is -0.294 e. The van der Waals surface area contributed by atoms with Gasteiger partial charge in [0.1, 0.15) is 17.5 Å². The van der Waals surface area contributed by atoms with E-state index in [4.69, 9.17) is 0 Å². The first-order chi connectivity index (χ1) is 19.7. The molecule has 41 heavy (non-hydrogen) atoms. The van der Waals surface area contributed by atoms with Gasteiger partial charge in [0.25, 0.3) is 17.4 Å². The second-order valence-electron chi connectivity index (χ2n) is 10.2. The molecule has 0 unspecified atom stereocenters. The van der Waals surface area contributed by atoms with Crippen molar-refractivity contribution in [3.8, 4) is 0 Å². The van der Waals surface area contributed by atoms with Crippen LogP contribution in [0.3, 0.4) is 0 Å². The third-order valence-electron chi connectivity index (χ3n) is 7.57. The molecule has 2 aliphatic rings. The van der Waals surface area contributed by atoms with Crippen LogP contribution in [-0.4, -0.2) is 44.1 Å². The normalized spacial score (nSPS) is 15.0. The van der Waals surface area contributed by atoms with E-state index >= 15 is 0 Å². The summed E-state index contributed by atoms with van der Waals surface area (Å²) in [6, 6.07) is 14.3. The molecule has 210 valence electrons. The summed E-state index contributed by atoms with van der Waals surface area (Å²) in [5, 5.41) is 0. The maximum atomic E-state index is 13.8. The lowest BCUT2D eigenvalue weighted by atomic mass is 10.1. The molecular formula is C30H24BrF3N4O3. The molecule has 7 nitrogen and oxygen atoms in total. The van der Waals surface area contributed by atoms with Gasteiger partial charge in [-0.2, -0.15) is 0 Å². The number of carbonyl (C=O) groups excluding carboxylic acids is 2. The number of hydrogen-bond donors (Lipinski definition) is 0. The fraction of sp³-hybridized carbons (Fsp3) is 0.233. The summed E-state index contributed by atoms with van der Waals surface area (Å²) in [5.74, 6) is -2.50. The number of imide groups is 1. The lowest BCUT2D eigenvalue weighted by molar-refractivity contribution is 0.0645. The van der Waals surface area contributed by atoms with Gasteiger partial charge >= 0.3 is 0 Å². The topological polar surface area (TPSA) is 67.5 Å². The lowest BCUT2D eigenvalue weighted by Gasteiger charge is -2.27. The third-order valence-corrected chi connectivity index (χ3v) is 8.31. The zero-order valence-corrected chi connectivity index (χ0v) is 23.3. The SMILES string of the molecule is O=C1c2ccccc2C(=O)N1CCn1c2c(c(=O)n1Cc1ccc(F)cc1Br)CN(Cc1cc(F)cc(F)c1)CC2. The van der Waals surface area contributed by atoms with Crippen LogP contribution < -0.4 is 5.56 Å². The van der Waals surface area contributed by atoms with E-state index in [9.17, 15) is 27.6 Å². The van der Waals surface area contributed by atoms with Crippen LogP contribution in [0.5, 0.6) is 0 Å². The summed E-state index contributed by atoms with van der Waals surface area (Å²) < 4.78 is 45.1. The highest BCUT2D eigenvalue weighted by molar-refractivity contribution is 9.10. The predicted molar refractivity (Wildman–Crippen MR) is 148 cm³/mol. The number of nitrogens with zero attached hydrogens (tertiary/aromatic N) is 4. The number of benzene rings is 3. The van der Waals surface area contributed by atoms with Gasteiger partial charge in [0, 0.05) is 48.8 Å². The Morgan fingerprint density at radius 2 is 1.44 bits per heavy atom. The van der Waals surface area contributed by atoms with Gasteiger partial charge in [-0.05, 0) is 47.5 Å². The molecule has 0 radical (unpaired) electrons. The van der Waals surface area contributed by atoms with Gasteiger partial charge in [-0.3, -0.25) is 28.9 Å². The van der Waals surface area contributed by atoms with Crippen LogP contribution in [0.2, 0.25) is 0 Å². The average molecular weight is 625 g/mol. The van der Waals surface area contributed by atoms with E-state index in [0.717, 1.165) is 11.8 Å². The van der Waals surface area contributed by atoms with E-state index in [-0.39, 0.29) is 50.1 Å². The average Bonchev–Trinajstić information content (AvgIpc) is 3.33. The molecule has 0 saturated heterocycles. The molecule has 1 aromatic heterocycles. The number of amides is 2. The van der Waals surface area contributed by atoms with Gasteiger partial charge in [0.2, 0.25) is 0 Å². The van der Waals surface area contributed by atoms with E-state index in [1.807, 2.05) is 4.90 Å². The fourth-order valence-corrected chi connectivity index (χ4v) is 6.13. The Morgan fingerprint density at radius 1 is 0.756 bits per heavy atom. The number of rotatable bonds is 7. The Morgan fingerprint density at radius 3 is 2.10 bits per heavy atom. The van der Waals surface area contributed by atoms with E-state index in [1.54, 1.807) is 39.7 Å². The van der Waals surface area contributed by atoms with Crippen LogP contribution in [0.25, 0.3) is 0 Å². The maximum Gasteiger partial charge on any atom is 0.271 e. The predicted octanol–water partition coefficient (Wildman–Crippen LogP) is 4.73. The number of aromatic nitrogens is 2. The van der Waals surface area contributed by atoms with Gasteiger partial charge in [0.05, 0.1) is 29.8 Å². The highest BCUT2D eigenvalue weighted by Crippen LogP contribution is 2.25. The second-order valence-corrected chi connectivity index (χ2v) is 11.0. The molecule has 0 fully saturated rings. The van der Waals surface area contributed by atoms with Crippen molar-refractivity contribution in [2.45, 2.75) is 32.6 Å². The van der Waals surface area contributed by atoms with Gasteiger partial charge in [0.15, 0.2) is 0 Å². The van der Waals surface area contributed by atoms with E-state index in [0.29, 0.717) is 45.3 Å². The zero-order valence-electron chi connectivity index (χ0n) is 21.7. The molecular weight excluding hydrogens is 601 g/mol. The first-order valence-corrected chi connectivity index (χ1v) is 13.9. The molecule has 4 aromatic rings. The molecule has 0 atom stereocenters. The van der Waals surface area contributed by atoms with Crippen molar-refractivity contribution in [3.05, 3.63) is 126 Å². The van der Waals surface area contributed by atoms with Gasteiger partial charge in [-0.25, -0.2) is 17.9 Å². The van der Waals surface area contributed by atoms with Crippen LogP contribution in [-0.2, 0) is 32.6 Å². The zero-order chi connectivity index (χ0) is 28.8. The molecule has 3 aromatic carbocycles. The summed E-state index contributed by atoms with van der Waals surface area (Å²) in [5.41, 5.74) is 2.89. The van der Waals surface area contributed by atoms with Crippen molar-refractivity contribution in [2.24, 2.45) is 0 Å². The summed E-state index contributed by atoms with van der Waals surface area (Å²) in [6.07, 6.45) is 0.474. The van der Waals surface area contributed by atoms with Gasteiger partial charge < -0.3 is 0 Å². The molecule has 3 heterocycles. The van der Waals surface area contributed by atoms with E-state index < -0.39 is 17.5 Å². The van der Waals surface area contributed by atoms with Crippen molar-refractivity contribution in [3.63, 3.8) is 0 Å². The van der Waals surface area contributed by atoms with E-state index in [1.165, 1.54) is 29.2 Å². The quantitative estimate of drug-likeness (QED) is 0.279. The Balaban J connectivity index is 1.32. The summed E-state index contributed by atoms with van der Waals surface area (Å²) in [6.45, 7) is 1.42. The van der Waals surface area contributed by atoms with Crippen LogP contribution in [0, 0.1) is 17.5 Å². The molecule has 6 rings (SSSR count). The number of halogens is 4. The van der Waals surface area contributed by atoms with Crippen molar-refractivity contribution in [1.29, 1.82) is 0 Å². The van der Waals surface area contributed by atoms with Crippen molar-refractivity contribution >= 4 is 27.7 Å². The monoisotopic (exact) mass is 624 g/mol. The molecule has 0 aliphatic carbocycles. The van der Waals surface area contributed by atoms with Crippen LogP contribution >= 0.6 is 15.9 Å². The molecule has 0 bridgehead atoms. The molecule has 0 N–H and O–H groups in total. The Bertz CT molecular complexity index is 1710. The lowest BCUT2D eigenvalue weighted by Crippen LogP contribution is -2.35. The summed E-state index contributed by atoms with van der Waals surface area (Å²) in [4.78, 5) is 42.9. The van der Waals surface area contributed by atoms with E-state index in [2.05, 4.69) is 15.9 Å². The maximum absolute atomic E-state index is 13.8. The Labute approximate surface area is 241 Å². The second kappa shape index (κ2) is 10.8. The molecule has 0 saturated carbocycles. The van der Waals surface area contributed by atoms with Crippen molar-refractivity contribution in [1.82, 2.24) is 19.2 Å². The number of hydrogen-bond acceptors (Lipinski definition) is 4. The van der Waals surface area contributed by atoms with Crippen LogP contribution in [0.1, 0.15) is 43.1 Å². The summed E-state index contributed by atoms with van der Waals surface area (Å²) in [7, 11) is 0. The minimum atomic E-state index is -0.663. The highest BCUT2D eigenvalue weighted by Gasteiger charge is 2.35. The standard InChI is InChI=1S/C30H24BrF3N4O3/c31-26-14-20(32)6-5-19(26)16-38-30(41)25-17-35(15-18-11-21(33)13-22(34)12-18)8-7-27(25)37(38)10-9-36-28(39)23-3-1-2-4-24(23)29(36)40/h1-6,11-14H,7-10,15-17H2. The van der Waals surface area contributed by atoms with Crippen molar-refractivity contribution < 1.29 is 22.8 Å². The smallest absolute Gasteiger partial charge is 0.271 e. The van der Waals surface area contributed by atoms with Gasteiger partial charge in [-0.1, -0.05) is 34.1 Å². The van der Waals surface area contributed by atoms with Crippen LogP contribution in [0.15, 0.2) is 69.9 Å². The Kier molecular flexibility index (Phi) is 7.16. The fourth-order valence-electron chi connectivity index (χ4n) is 5.65. The van der Waals surface area contributed by atoms with Crippen LogP contribution in [0.4, 0.5) is 13.2 Å². The Hall–Kier alpha value is -3.96. The first kappa shape index (κ1) is 27.2. The number of fused-ring (bicyclic) bond motifs is 2. The molecule has 2 aliphatic heterocycles. The molecule has 0 spiro atoms. The largest absolute Gasteiger partial charge is 0.294 e. The molecule has 11 heteroatoms. The van der Waals surface area contributed by atoms with Crippen molar-refractivity contribution in [2.75, 3.05) is 13.1 Å².